The Morgan fingerprint density at radius 3 is 2.60 bits per heavy atom. The minimum atomic E-state index is -0.809. The fraction of sp³-hybridized carbons (Fsp3) is 0.381. The van der Waals surface area contributed by atoms with Gasteiger partial charge in [0.15, 0.2) is 0 Å². The van der Waals surface area contributed by atoms with Gasteiger partial charge in [0.05, 0.1) is 0 Å². The zero-order valence-corrected chi connectivity index (χ0v) is 14.3. The summed E-state index contributed by atoms with van der Waals surface area (Å²) < 4.78 is 5.93. The highest BCUT2D eigenvalue weighted by atomic mass is 16.5. The molecule has 1 saturated heterocycles. The molecule has 1 unspecified atom stereocenters. The third kappa shape index (κ3) is 3.14. The molecule has 1 aliphatic carbocycles. The van der Waals surface area contributed by atoms with Crippen LogP contribution in [-0.2, 0) is 4.79 Å². The number of carboxylic acid groups (broad SMARTS) is 1. The number of rotatable bonds is 5. The van der Waals surface area contributed by atoms with Gasteiger partial charge < -0.3 is 9.84 Å². The van der Waals surface area contributed by atoms with Gasteiger partial charge in [-0.2, -0.15) is 0 Å². The van der Waals surface area contributed by atoms with Crippen LogP contribution in [0.4, 0.5) is 0 Å². The van der Waals surface area contributed by atoms with Crippen LogP contribution in [0.15, 0.2) is 42.5 Å². The van der Waals surface area contributed by atoms with Gasteiger partial charge in [-0.1, -0.05) is 36.8 Å². The fourth-order valence-electron chi connectivity index (χ4n) is 4.02. The first kappa shape index (κ1) is 16.2. The zero-order chi connectivity index (χ0) is 17.2. The maximum absolute atomic E-state index is 11.8. The van der Waals surface area contributed by atoms with Crippen LogP contribution >= 0.6 is 0 Å². The van der Waals surface area contributed by atoms with Gasteiger partial charge in [-0.05, 0) is 60.3 Å². The molecule has 0 bridgehead atoms. The molecule has 1 fully saturated rings. The van der Waals surface area contributed by atoms with Gasteiger partial charge in [0.25, 0.3) is 0 Å². The minimum absolute atomic E-state index is 0.600. The van der Waals surface area contributed by atoms with Gasteiger partial charge in [0, 0.05) is 6.54 Å². The largest absolute Gasteiger partial charge is 0.492 e. The van der Waals surface area contributed by atoms with Gasteiger partial charge in [-0.25, -0.2) is 0 Å². The van der Waals surface area contributed by atoms with Gasteiger partial charge in [0.2, 0.25) is 0 Å². The molecule has 0 radical (unpaired) electrons. The Morgan fingerprint density at radius 1 is 1.04 bits per heavy atom. The molecule has 0 amide bonds. The lowest BCUT2D eigenvalue weighted by atomic mass is 9.97. The Labute approximate surface area is 148 Å². The number of aliphatic carboxylic acids is 1. The smallest absolute Gasteiger partial charge is 0.315 e. The van der Waals surface area contributed by atoms with E-state index in [9.17, 15) is 9.90 Å². The van der Waals surface area contributed by atoms with E-state index >= 15 is 0 Å². The second-order valence-electron chi connectivity index (χ2n) is 6.86. The number of hydrogen-bond donors (Lipinski definition) is 1. The first-order chi connectivity index (χ1) is 12.2. The molecule has 0 aromatic heterocycles. The predicted octanol–water partition coefficient (Wildman–Crippen LogP) is 3.75. The van der Waals surface area contributed by atoms with Crippen LogP contribution in [0.3, 0.4) is 0 Å². The summed E-state index contributed by atoms with van der Waals surface area (Å²) in [5.41, 5.74) is 3.73. The minimum Gasteiger partial charge on any atom is -0.492 e. The molecule has 25 heavy (non-hydrogen) atoms. The third-order valence-electron chi connectivity index (χ3n) is 5.27. The molecular weight excluding hydrogens is 314 g/mol. The molecule has 4 heteroatoms. The summed E-state index contributed by atoms with van der Waals surface area (Å²) in [6, 6.07) is 13.6. The number of carboxylic acids is 1. The van der Waals surface area contributed by atoms with Crippen molar-refractivity contribution in [1.82, 2.24) is 4.90 Å². The van der Waals surface area contributed by atoms with Crippen LogP contribution in [0.1, 0.15) is 36.3 Å². The highest BCUT2D eigenvalue weighted by molar-refractivity contribution is 5.93. The normalized spacial score (nSPS) is 19.3. The van der Waals surface area contributed by atoms with E-state index in [4.69, 9.17) is 4.74 Å². The van der Waals surface area contributed by atoms with Gasteiger partial charge in [-0.15, -0.1) is 0 Å². The quantitative estimate of drug-likeness (QED) is 0.903. The van der Waals surface area contributed by atoms with Gasteiger partial charge >= 0.3 is 5.97 Å². The highest BCUT2D eigenvalue weighted by Crippen LogP contribution is 2.45. The van der Waals surface area contributed by atoms with Crippen LogP contribution in [0.2, 0.25) is 0 Å². The van der Waals surface area contributed by atoms with Crippen molar-refractivity contribution >= 4 is 5.97 Å². The molecular formula is C21H23NO3. The molecule has 4 nitrogen and oxygen atoms in total. The van der Waals surface area contributed by atoms with Gasteiger partial charge in [-0.3, -0.25) is 9.69 Å². The van der Waals surface area contributed by atoms with Crippen molar-refractivity contribution in [3.63, 3.8) is 0 Å². The van der Waals surface area contributed by atoms with E-state index in [0.29, 0.717) is 6.61 Å². The lowest BCUT2D eigenvalue weighted by molar-refractivity contribution is -0.137. The SMILES string of the molecule is O=C(O)C1c2ccccc2-c2ccc(OCCN3CCCCC3)cc21. The number of hydrogen-bond acceptors (Lipinski definition) is 3. The average molecular weight is 337 g/mol. The second-order valence-corrected chi connectivity index (χ2v) is 6.86. The van der Waals surface area contributed by atoms with Crippen molar-refractivity contribution in [1.29, 1.82) is 0 Å². The number of piperidine rings is 1. The van der Waals surface area contributed by atoms with Crippen molar-refractivity contribution in [3.05, 3.63) is 53.6 Å². The van der Waals surface area contributed by atoms with E-state index in [1.54, 1.807) is 0 Å². The van der Waals surface area contributed by atoms with Crippen molar-refractivity contribution < 1.29 is 14.6 Å². The second kappa shape index (κ2) is 6.89. The number of nitrogens with zero attached hydrogens (tertiary/aromatic N) is 1. The Kier molecular flexibility index (Phi) is 4.45. The molecule has 0 saturated carbocycles. The summed E-state index contributed by atoms with van der Waals surface area (Å²) in [4.78, 5) is 14.2. The van der Waals surface area contributed by atoms with Crippen molar-refractivity contribution in [2.24, 2.45) is 0 Å². The summed E-state index contributed by atoms with van der Waals surface area (Å²) in [6.45, 7) is 3.89. The average Bonchev–Trinajstić information content (AvgIpc) is 2.96. The van der Waals surface area contributed by atoms with Crippen molar-refractivity contribution in [3.8, 4) is 16.9 Å². The first-order valence-electron chi connectivity index (χ1n) is 9.05. The molecule has 2 aliphatic rings. The zero-order valence-electron chi connectivity index (χ0n) is 14.3. The molecule has 1 heterocycles. The molecule has 4 rings (SSSR count). The van der Waals surface area contributed by atoms with Gasteiger partial charge in [0.1, 0.15) is 18.3 Å². The monoisotopic (exact) mass is 337 g/mol. The fourth-order valence-corrected chi connectivity index (χ4v) is 4.02. The number of ether oxygens (including phenoxy) is 1. The van der Waals surface area contributed by atoms with Crippen LogP contribution in [-0.4, -0.2) is 42.2 Å². The topological polar surface area (TPSA) is 49.8 Å². The number of likely N-dealkylation sites (tertiary alicyclic amines) is 1. The summed E-state index contributed by atoms with van der Waals surface area (Å²) >= 11 is 0. The number of fused-ring (bicyclic) bond motifs is 3. The van der Waals surface area contributed by atoms with Crippen LogP contribution in [0.5, 0.6) is 5.75 Å². The van der Waals surface area contributed by atoms with Crippen LogP contribution in [0, 0.1) is 0 Å². The molecule has 130 valence electrons. The number of benzene rings is 2. The standard InChI is InChI=1S/C21H23NO3/c23-21(24)20-18-7-3-2-6-16(18)17-9-8-15(14-19(17)20)25-13-12-22-10-4-1-5-11-22/h2-3,6-9,14,20H,1,4-5,10-13H2,(H,23,24). The van der Waals surface area contributed by atoms with Crippen LogP contribution in [0.25, 0.3) is 11.1 Å². The highest BCUT2D eigenvalue weighted by Gasteiger charge is 2.33. The molecule has 1 N–H and O–H groups in total. The number of carbonyl (C=O) groups is 1. The third-order valence-corrected chi connectivity index (χ3v) is 5.27. The Hall–Kier alpha value is -2.33. The van der Waals surface area contributed by atoms with Crippen LogP contribution < -0.4 is 4.74 Å². The maximum atomic E-state index is 11.8. The predicted molar refractivity (Wildman–Crippen MR) is 97.1 cm³/mol. The summed E-state index contributed by atoms with van der Waals surface area (Å²) in [5.74, 6) is -0.650. The van der Waals surface area contributed by atoms with Crippen molar-refractivity contribution in [2.75, 3.05) is 26.2 Å². The summed E-state index contributed by atoms with van der Waals surface area (Å²) in [6.07, 6.45) is 3.88. The molecule has 2 aromatic carbocycles. The molecule has 1 aliphatic heterocycles. The van der Waals surface area contributed by atoms with E-state index in [-0.39, 0.29) is 0 Å². The molecule has 0 spiro atoms. The van der Waals surface area contributed by atoms with E-state index in [1.807, 2.05) is 42.5 Å². The molecule has 1 atom stereocenters. The summed E-state index contributed by atoms with van der Waals surface area (Å²) in [7, 11) is 0. The van der Waals surface area contributed by atoms with Crippen molar-refractivity contribution in [2.45, 2.75) is 25.2 Å². The Balaban J connectivity index is 1.51. The molecule has 2 aromatic rings. The Morgan fingerprint density at radius 2 is 1.80 bits per heavy atom. The Bertz CT molecular complexity index is 780. The van der Waals surface area contributed by atoms with E-state index in [0.717, 1.165) is 47.6 Å². The summed E-state index contributed by atoms with van der Waals surface area (Å²) in [5, 5.41) is 9.70. The maximum Gasteiger partial charge on any atom is 0.315 e. The lowest BCUT2D eigenvalue weighted by Crippen LogP contribution is -2.33. The van der Waals surface area contributed by atoms with E-state index in [1.165, 1.54) is 19.3 Å². The van der Waals surface area contributed by atoms with E-state index in [2.05, 4.69) is 4.90 Å². The van der Waals surface area contributed by atoms with E-state index < -0.39 is 11.9 Å². The first-order valence-corrected chi connectivity index (χ1v) is 9.05. The lowest BCUT2D eigenvalue weighted by Gasteiger charge is -2.26.